The number of hydrogen-bond acceptors (Lipinski definition) is 7. The van der Waals surface area contributed by atoms with E-state index < -0.39 is 0 Å². The summed E-state index contributed by atoms with van der Waals surface area (Å²) in [5, 5.41) is 0. The summed E-state index contributed by atoms with van der Waals surface area (Å²) in [7, 11) is 4.37. The molecule has 0 aromatic heterocycles. The largest absolute Gasteiger partial charge is 0.373 e. The lowest BCUT2D eigenvalue weighted by Crippen LogP contribution is -2.59. The Kier molecular flexibility index (Phi) is 17.1. The molecular formula is C43H88N6O. The van der Waals surface area contributed by atoms with Gasteiger partial charge in [0.2, 0.25) is 0 Å². The van der Waals surface area contributed by atoms with Crippen molar-refractivity contribution in [2.75, 3.05) is 86.1 Å². The molecule has 1 atom stereocenters. The van der Waals surface area contributed by atoms with Gasteiger partial charge in [0, 0.05) is 75.0 Å². The molecule has 4 fully saturated rings. The molecule has 1 aliphatic carbocycles. The Labute approximate surface area is 313 Å². The van der Waals surface area contributed by atoms with E-state index in [0.717, 1.165) is 42.4 Å². The van der Waals surface area contributed by atoms with Gasteiger partial charge < -0.3 is 14.5 Å². The SMILES string of the molecule is CC(C)C[C@@H]1CN(C(C)(C)C)CCN1CC1CCN(C(C)C)CC1.CN(C)CCN(CC1CCN(C(C)(C)C)CC1)C1CC(OC(C)(C)C)C1. The van der Waals surface area contributed by atoms with E-state index in [1.54, 1.807) is 0 Å². The van der Waals surface area contributed by atoms with Gasteiger partial charge in [0.25, 0.3) is 0 Å². The summed E-state index contributed by atoms with van der Waals surface area (Å²) < 4.78 is 6.18. The summed E-state index contributed by atoms with van der Waals surface area (Å²) in [6, 6.07) is 2.19. The lowest BCUT2D eigenvalue weighted by molar-refractivity contribution is -0.122. The van der Waals surface area contributed by atoms with E-state index in [4.69, 9.17) is 4.74 Å². The Hall–Kier alpha value is -0.280. The minimum absolute atomic E-state index is 0.0100. The summed E-state index contributed by atoms with van der Waals surface area (Å²) in [5.41, 5.74) is 0.620. The van der Waals surface area contributed by atoms with Crippen LogP contribution in [0.25, 0.3) is 0 Å². The van der Waals surface area contributed by atoms with Crippen LogP contribution in [-0.4, -0.2) is 156 Å². The number of likely N-dealkylation sites (tertiary alicyclic amines) is 2. The van der Waals surface area contributed by atoms with Gasteiger partial charge in [0.15, 0.2) is 0 Å². The molecule has 0 spiro atoms. The van der Waals surface area contributed by atoms with E-state index in [1.165, 1.54) is 110 Å². The smallest absolute Gasteiger partial charge is 0.0612 e. The van der Waals surface area contributed by atoms with Crippen molar-refractivity contribution >= 4 is 0 Å². The summed E-state index contributed by atoms with van der Waals surface area (Å²) >= 11 is 0. The average molecular weight is 705 g/mol. The van der Waals surface area contributed by atoms with Gasteiger partial charge in [-0.05, 0) is 179 Å². The minimum Gasteiger partial charge on any atom is -0.373 e. The molecule has 7 nitrogen and oxygen atoms in total. The third kappa shape index (κ3) is 15.2. The molecule has 4 aliphatic rings. The number of piperazine rings is 1. The van der Waals surface area contributed by atoms with E-state index in [1.807, 2.05) is 0 Å². The monoisotopic (exact) mass is 705 g/mol. The van der Waals surface area contributed by atoms with Gasteiger partial charge in [-0.1, -0.05) is 13.8 Å². The Morgan fingerprint density at radius 1 is 0.680 bits per heavy atom. The van der Waals surface area contributed by atoms with E-state index in [0.29, 0.717) is 17.2 Å². The molecule has 0 N–H and O–H groups in total. The fourth-order valence-electron chi connectivity index (χ4n) is 8.80. The van der Waals surface area contributed by atoms with Crippen LogP contribution < -0.4 is 0 Å². The molecule has 4 rings (SSSR count). The first-order valence-electron chi connectivity index (χ1n) is 21.2. The molecule has 3 heterocycles. The van der Waals surface area contributed by atoms with Crippen LogP contribution in [0, 0.1) is 17.8 Å². The maximum absolute atomic E-state index is 6.18. The first-order chi connectivity index (χ1) is 23.1. The molecule has 0 amide bonds. The van der Waals surface area contributed by atoms with Crippen molar-refractivity contribution in [3.8, 4) is 0 Å². The van der Waals surface area contributed by atoms with Crippen LogP contribution >= 0.6 is 0 Å². The third-order valence-electron chi connectivity index (χ3n) is 12.2. The molecule has 1 saturated carbocycles. The van der Waals surface area contributed by atoms with Gasteiger partial charge in [-0.3, -0.25) is 19.6 Å². The Morgan fingerprint density at radius 2 is 1.24 bits per heavy atom. The lowest BCUT2D eigenvalue weighted by Gasteiger charge is -2.48. The van der Waals surface area contributed by atoms with Crippen LogP contribution in [0.2, 0.25) is 0 Å². The summed E-state index contributed by atoms with van der Waals surface area (Å²) in [4.78, 5) is 16.0. The van der Waals surface area contributed by atoms with Crippen molar-refractivity contribution in [3.05, 3.63) is 0 Å². The highest BCUT2D eigenvalue weighted by molar-refractivity contribution is 4.92. The number of piperidine rings is 2. The van der Waals surface area contributed by atoms with Gasteiger partial charge in [0.05, 0.1) is 11.7 Å². The number of ether oxygens (including phenoxy) is 1. The zero-order chi connectivity index (χ0) is 37.4. The van der Waals surface area contributed by atoms with Crippen molar-refractivity contribution in [2.45, 2.75) is 176 Å². The molecule has 3 saturated heterocycles. The second-order valence-corrected chi connectivity index (χ2v) is 20.8. The van der Waals surface area contributed by atoms with Crippen LogP contribution in [0.4, 0.5) is 0 Å². The number of likely N-dealkylation sites (N-methyl/N-ethyl adjacent to an activating group) is 1. The van der Waals surface area contributed by atoms with Gasteiger partial charge in [-0.15, -0.1) is 0 Å². The summed E-state index contributed by atoms with van der Waals surface area (Å²) in [6.07, 6.45) is 9.73. The zero-order valence-corrected chi connectivity index (χ0v) is 36.4. The highest BCUT2D eigenvalue weighted by Crippen LogP contribution is 2.33. The fourth-order valence-corrected chi connectivity index (χ4v) is 8.80. The first kappa shape index (κ1) is 44.1. The first-order valence-corrected chi connectivity index (χ1v) is 21.2. The molecule has 0 bridgehead atoms. The predicted octanol–water partition coefficient (Wildman–Crippen LogP) is 7.64. The van der Waals surface area contributed by atoms with E-state index >= 15 is 0 Å². The normalized spacial score (nSPS) is 26.6. The maximum Gasteiger partial charge on any atom is 0.0612 e. The highest BCUT2D eigenvalue weighted by atomic mass is 16.5. The molecule has 50 heavy (non-hydrogen) atoms. The van der Waals surface area contributed by atoms with Crippen LogP contribution in [0.1, 0.15) is 135 Å². The van der Waals surface area contributed by atoms with Gasteiger partial charge >= 0.3 is 0 Å². The topological polar surface area (TPSA) is 28.7 Å². The Balaban J connectivity index is 0.000000271. The zero-order valence-electron chi connectivity index (χ0n) is 36.4. The number of rotatable bonds is 12. The van der Waals surface area contributed by atoms with E-state index in [-0.39, 0.29) is 5.60 Å². The van der Waals surface area contributed by atoms with Crippen molar-refractivity contribution < 1.29 is 4.74 Å². The predicted molar refractivity (Wildman–Crippen MR) is 217 cm³/mol. The standard InChI is InChI=1S/C22H45N3O.C21H43N3/c1-21(2,3)25-11-9-18(10-12-25)17-24(14-13-23(7)8)19-15-20(16-19)26-22(4,5)6;1-17(2)14-20-16-24(21(5,6)7)13-12-23(20)15-19-8-10-22(11-9-19)18(3)4/h18-20H,9-17H2,1-8H3;17-20H,8-16H2,1-7H3/t;20-/m.1/s1. The quantitative estimate of drug-likeness (QED) is 0.206. The number of hydrogen-bond donors (Lipinski definition) is 0. The van der Waals surface area contributed by atoms with Crippen molar-refractivity contribution in [1.82, 2.24) is 29.4 Å². The van der Waals surface area contributed by atoms with Crippen LogP contribution in [-0.2, 0) is 4.74 Å². The Bertz CT molecular complexity index is 927. The molecule has 0 radical (unpaired) electrons. The van der Waals surface area contributed by atoms with Crippen LogP contribution in [0.3, 0.4) is 0 Å². The molecule has 0 aromatic carbocycles. The Morgan fingerprint density at radius 3 is 1.72 bits per heavy atom. The van der Waals surface area contributed by atoms with Gasteiger partial charge in [-0.25, -0.2) is 0 Å². The summed E-state index contributed by atoms with van der Waals surface area (Å²) in [6.45, 7) is 44.0. The van der Waals surface area contributed by atoms with Gasteiger partial charge in [0.1, 0.15) is 0 Å². The molecule has 0 unspecified atom stereocenters. The summed E-state index contributed by atoms with van der Waals surface area (Å²) in [5.74, 6) is 2.56. The van der Waals surface area contributed by atoms with E-state index in [2.05, 4.69) is 134 Å². The second kappa shape index (κ2) is 19.4. The number of nitrogens with zero attached hydrogens (tertiary/aromatic N) is 6. The minimum atomic E-state index is -0.0100. The van der Waals surface area contributed by atoms with E-state index in [9.17, 15) is 0 Å². The lowest BCUT2D eigenvalue weighted by atomic mass is 9.85. The van der Waals surface area contributed by atoms with Crippen molar-refractivity contribution in [3.63, 3.8) is 0 Å². The molecule has 3 aliphatic heterocycles. The second-order valence-electron chi connectivity index (χ2n) is 20.8. The maximum atomic E-state index is 6.18. The molecular weight excluding hydrogens is 617 g/mol. The average Bonchev–Trinajstić information content (AvgIpc) is 2.97. The molecule has 7 heteroatoms. The third-order valence-corrected chi connectivity index (χ3v) is 12.2. The highest BCUT2D eigenvalue weighted by Gasteiger charge is 2.38. The van der Waals surface area contributed by atoms with Crippen molar-refractivity contribution in [2.24, 2.45) is 17.8 Å². The molecule has 296 valence electrons. The van der Waals surface area contributed by atoms with Crippen LogP contribution in [0.5, 0.6) is 0 Å². The van der Waals surface area contributed by atoms with Crippen LogP contribution in [0.15, 0.2) is 0 Å². The van der Waals surface area contributed by atoms with Crippen molar-refractivity contribution in [1.29, 1.82) is 0 Å². The van der Waals surface area contributed by atoms with Gasteiger partial charge in [-0.2, -0.15) is 0 Å². The molecule has 0 aromatic rings. The fraction of sp³-hybridized carbons (Fsp3) is 1.00.